The maximum absolute atomic E-state index is 12.8. The third kappa shape index (κ3) is 3.93. The van der Waals surface area contributed by atoms with Gasteiger partial charge in [0.25, 0.3) is 5.91 Å². The number of carbonyl (C=O) groups is 1. The zero-order valence-corrected chi connectivity index (χ0v) is 11.0. The molecule has 1 N–H and O–H groups in total. The molecule has 0 atom stereocenters. The van der Waals surface area contributed by atoms with Gasteiger partial charge in [0.1, 0.15) is 17.4 Å². The molecule has 104 valence electrons. The number of hydrogen-bond donors (Lipinski definition) is 1. The Hall–Kier alpha value is -2.14. The third-order valence-corrected chi connectivity index (χ3v) is 2.70. The van der Waals surface area contributed by atoms with Crippen molar-refractivity contribution < 1.29 is 18.3 Å². The number of hydrogen-bond acceptors (Lipinski definition) is 2. The SMILES string of the molecule is O=C(COc1ccc(F)cc1)Nc1ccc(F)cc1Cl. The smallest absolute Gasteiger partial charge is 0.262 e. The Morgan fingerprint density at radius 3 is 2.40 bits per heavy atom. The van der Waals surface area contributed by atoms with Crippen molar-refractivity contribution >= 4 is 23.2 Å². The Kier molecular flexibility index (Phi) is 4.53. The van der Waals surface area contributed by atoms with E-state index in [0.29, 0.717) is 11.4 Å². The van der Waals surface area contributed by atoms with Gasteiger partial charge >= 0.3 is 0 Å². The maximum atomic E-state index is 12.8. The summed E-state index contributed by atoms with van der Waals surface area (Å²) in [6.07, 6.45) is 0. The second-order valence-corrected chi connectivity index (χ2v) is 4.32. The lowest BCUT2D eigenvalue weighted by molar-refractivity contribution is -0.118. The molecule has 6 heteroatoms. The fourth-order valence-corrected chi connectivity index (χ4v) is 1.67. The first-order valence-corrected chi connectivity index (χ1v) is 6.05. The van der Waals surface area contributed by atoms with Gasteiger partial charge in [0.15, 0.2) is 6.61 Å². The van der Waals surface area contributed by atoms with E-state index in [9.17, 15) is 13.6 Å². The molecule has 0 heterocycles. The van der Waals surface area contributed by atoms with Crippen molar-refractivity contribution in [2.24, 2.45) is 0 Å². The van der Waals surface area contributed by atoms with Gasteiger partial charge in [-0.05, 0) is 42.5 Å². The molecule has 0 radical (unpaired) electrons. The molecular formula is C14H10ClF2NO2. The van der Waals surface area contributed by atoms with Gasteiger partial charge in [0, 0.05) is 0 Å². The first-order chi connectivity index (χ1) is 9.54. The summed E-state index contributed by atoms with van der Waals surface area (Å²) in [5.74, 6) is -0.968. The minimum absolute atomic E-state index is 0.0973. The molecule has 0 unspecified atom stereocenters. The van der Waals surface area contributed by atoms with Crippen LogP contribution in [0.25, 0.3) is 0 Å². The number of benzene rings is 2. The van der Waals surface area contributed by atoms with E-state index in [2.05, 4.69) is 5.32 Å². The van der Waals surface area contributed by atoms with E-state index in [1.54, 1.807) is 0 Å². The Morgan fingerprint density at radius 2 is 1.75 bits per heavy atom. The molecule has 0 aliphatic carbocycles. The minimum Gasteiger partial charge on any atom is -0.484 e. The molecule has 0 bridgehead atoms. The molecule has 20 heavy (non-hydrogen) atoms. The summed E-state index contributed by atoms with van der Waals surface area (Å²) in [5.41, 5.74) is 0.292. The monoisotopic (exact) mass is 297 g/mol. The van der Waals surface area contributed by atoms with Gasteiger partial charge in [0.2, 0.25) is 0 Å². The molecule has 3 nitrogen and oxygen atoms in total. The van der Waals surface area contributed by atoms with Crippen LogP contribution in [-0.4, -0.2) is 12.5 Å². The molecule has 0 spiro atoms. The standard InChI is InChI=1S/C14H10ClF2NO2/c15-12-7-10(17)3-6-13(12)18-14(19)8-20-11-4-1-9(16)2-5-11/h1-7H,8H2,(H,18,19). The van der Waals surface area contributed by atoms with Crippen LogP contribution in [0.1, 0.15) is 0 Å². The van der Waals surface area contributed by atoms with Crippen LogP contribution in [0, 0.1) is 11.6 Å². The van der Waals surface area contributed by atoms with Crippen LogP contribution in [-0.2, 0) is 4.79 Å². The molecule has 0 aliphatic heterocycles. The number of anilines is 1. The van der Waals surface area contributed by atoms with Crippen LogP contribution >= 0.6 is 11.6 Å². The second-order valence-electron chi connectivity index (χ2n) is 3.91. The van der Waals surface area contributed by atoms with Crippen LogP contribution in [0.2, 0.25) is 5.02 Å². The average molecular weight is 298 g/mol. The fourth-order valence-electron chi connectivity index (χ4n) is 1.46. The van der Waals surface area contributed by atoms with Gasteiger partial charge in [-0.2, -0.15) is 0 Å². The second kappa shape index (κ2) is 6.34. The van der Waals surface area contributed by atoms with E-state index in [4.69, 9.17) is 16.3 Å². The Labute approximate surface area is 119 Å². The van der Waals surface area contributed by atoms with Crippen LogP contribution < -0.4 is 10.1 Å². The highest BCUT2D eigenvalue weighted by atomic mass is 35.5. The van der Waals surface area contributed by atoms with E-state index >= 15 is 0 Å². The molecule has 2 rings (SSSR count). The highest BCUT2D eigenvalue weighted by molar-refractivity contribution is 6.33. The summed E-state index contributed by atoms with van der Waals surface area (Å²) in [7, 11) is 0. The molecule has 0 fully saturated rings. The van der Waals surface area contributed by atoms with Crippen LogP contribution in [0.5, 0.6) is 5.75 Å². The normalized spacial score (nSPS) is 10.2. The van der Waals surface area contributed by atoms with E-state index in [0.717, 1.165) is 6.07 Å². The van der Waals surface area contributed by atoms with E-state index < -0.39 is 11.7 Å². The van der Waals surface area contributed by atoms with E-state index in [1.807, 2.05) is 0 Å². The van der Waals surface area contributed by atoms with Crippen LogP contribution in [0.15, 0.2) is 42.5 Å². The lowest BCUT2D eigenvalue weighted by atomic mass is 10.3. The van der Waals surface area contributed by atoms with Crippen molar-refractivity contribution in [1.82, 2.24) is 0 Å². The molecule has 1 amide bonds. The molecular weight excluding hydrogens is 288 g/mol. The first-order valence-electron chi connectivity index (χ1n) is 5.68. The number of nitrogens with one attached hydrogen (secondary N) is 1. The van der Waals surface area contributed by atoms with Crippen molar-refractivity contribution in [2.75, 3.05) is 11.9 Å². The van der Waals surface area contributed by atoms with E-state index in [-0.39, 0.29) is 17.4 Å². The first kappa shape index (κ1) is 14.3. The topological polar surface area (TPSA) is 38.3 Å². The molecule has 0 saturated carbocycles. The van der Waals surface area contributed by atoms with Crippen LogP contribution in [0.4, 0.5) is 14.5 Å². The van der Waals surface area contributed by atoms with Crippen molar-refractivity contribution in [3.8, 4) is 5.75 Å². The molecule has 2 aromatic carbocycles. The number of amides is 1. The van der Waals surface area contributed by atoms with Gasteiger partial charge in [-0.25, -0.2) is 8.78 Å². The van der Waals surface area contributed by atoms with Gasteiger partial charge in [-0.1, -0.05) is 11.6 Å². The van der Waals surface area contributed by atoms with E-state index in [1.165, 1.54) is 36.4 Å². The average Bonchev–Trinajstić information content (AvgIpc) is 2.41. The zero-order valence-electron chi connectivity index (χ0n) is 10.2. The van der Waals surface area contributed by atoms with Crippen molar-refractivity contribution in [3.05, 3.63) is 59.1 Å². The summed E-state index contributed by atoms with van der Waals surface area (Å²) in [4.78, 5) is 11.6. The highest BCUT2D eigenvalue weighted by Gasteiger charge is 2.07. The lowest BCUT2D eigenvalue weighted by Crippen LogP contribution is -2.20. The predicted octanol–water partition coefficient (Wildman–Crippen LogP) is 3.64. The van der Waals surface area contributed by atoms with Gasteiger partial charge in [-0.3, -0.25) is 4.79 Å². The number of rotatable bonds is 4. The summed E-state index contributed by atoms with van der Waals surface area (Å²) >= 11 is 5.77. The Morgan fingerprint density at radius 1 is 1.10 bits per heavy atom. The Balaban J connectivity index is 1.90. The zero-order chi connectivity index (χ0) is 14.5. The van der Waals surface area contributed by atoms with Crippen molar-refractivity contribution in [2.45, 2.75) is 0 Å². The molecule has 0 aliphatic rings. The summed E-state index contributed by atoms with van der Waals surface area (Å²) < 4.78 is 30.7. The summed E-state index contributed by atoms with van der Waals surface area (Å²) in [5, 5.41) is 2.58. The van der Waals surface area contributed by atoms with Crippen molar-refractivity contribution in [1.29, 1.82) is 0 Å². The highest BCUT2D eigenvalue weighted by Crippen LogP contribution is 2.22. The number of carbonyl (C=O) groups excluding carboxylic acids is 1. The van der Waals surface area contributed by atoms with Gasteiger partial charge < -0.3 is 10.1 Å². The summed E-state index contributed by atoms with van der Waals surface area (Å²) in [6, 6.07) is 8.91. The van der Waals surface area contributed by atoms with Crippen molar-refractivity contribution in [3.63, 3.8) is 0 Å². The molecule has 0 aromatic heterocycles. The lowest BCUT2D eigenvalue weighted by Gasteiger charge is -2.08. The quantitative estimate of drug-likeness (QED) is 0.936. The Bertz CT molecular complexity index is 617. The van der Waals surface area contributed by atoms with Gasteiger partial charge in [0.05, 0.1) is 10.7 Å². The largest absolute Gasteiger partial charge is 0.484 e. The maximum Gasteiger partial charge on any atom is 0.262 e. The van der Waals surface area contributed by atoms with Crippen LogP contribution in [0.3, 0.4) is 0 Å². The molecule has 0 saturated heterocycles. The number of ether oxygens (including phenoxy) is 1. The number of halogens is 3. The van der Waals surface area contributed by atoms with Gasteiger partial charge in [-0.15, -0.1) is 0 Å². The fraction of sp³-hybridized carbons (Fsp3) is 0.0714. The molecule has 2 aromatic rings. The summed E-state index contributed by atoms with van der Waals surface area (Å²) in [6.45, 7) is -0.265. The minimum atomic E-state index is -0.490. The predicted molar refractivity (Wildman–Crippen MR) is 71.9 cm³/mol. The third-order valence-electron chi connectivity index (χ3n) is 2.39.